The minimum absolute atomic E-state index is 0.0212. The molecule has 0 aromatic heterocycles. The summed E-state index contributed by atoms with van der Waals surface area (Å²) in [5.74, 6) is -0.547. The highest BCUT2D eigenvalue weighted by atomic mass is 31.2. The van der Waals surface area contributed by atoms with Crippen LogP contribution in [0.15, 0.2) is 24.3 Å². The average Bonchev–Trinajstić information content (AvgIpc) is 3.29. The highest BCUT2D eigenvalue weighted by Gasteiger charge is 2.27. The van der Waals surface area contributed by atoms with Crippen LogP contribution in [0.4, 0.5) is 0 Å². The summed E-state index contributed by atoms with van der Waals surface area (Å²) < 4.78 is 30.2. The molecule has 1 N–H and O–H groups in total. The van der Waals surface area contributed by atoms with Crippen molar-refractivity contribution >= 4 is 19.7 Å². The maximum atomic E-state index is 13.5. The number of hydrogen-bond donors (Lipinski definition) is 1. The van der Waals surface area contributed by atoms with Crippen molar-refractivity contribution in [2.75, 3.05) is 40.9 Å². The molecule has 3 unspecified atom stereocenters. The molecule has 9 nitrogen and oxygen atoms in total. The number of ether oxygens (including phenoxy) is 1. The van der Waals surface area contributed by atoms with E-state index in [4.69, 9.17) is 13.8 Å². The third kappa shape index (κ3) is 49.5. The van der Waals surface area contributed by atoms with Gasteiger partial charge in [0.2, 0.25) is 5.91 Å². The Bertz CT molecular complexity index is 1220. The number of esters is 1. The summed E-state index contributed by atoms with van der Waals surface area (Å²) >= 11 is 0. The van der Waals surface area contributed by atoms with E-state index in [2.05, 4.69) is 38.2 Å². The van der Waals surface area contributed by atoms with Crippen LogP contribution in [-0.2, 0) is 27.9 Å². The van der Waals surface area contributed by atoms with E-state index >= 15 is 0 Å². The summed E-state index contributed by atoms with van der Waals surface area (Å²) in [6.45, 7) is 6.85. The molecule has 10 heteroatoms. The molecule has 0 aromatic carbocycles. The van der Waals surface area contributed by atoms with Crippen molar-refractivity contribution in [2.45, 2.75) is 296 Å². The monoisotopic (exact) mass is 981 g/mol. The fourth-order valence-corrected chi connectivity index (χ4v) is 9.30. The van der Waals surface area contributed by atoms with Crippen molar-refractivity contribution < 1.29 is 37.3 Å². The minimum atomic E-state index is -4.69. The van der Waals surface area contributed by atoms with Gasteiger partial charge in [-0.1, -0.05) is 238 Å². The van der Waals surface area contributed by atoms with Gasteiger partial charge in [0.05, 0.1) is 33.8 Å². The molecule has 3 atom stereocenters. The van der Waals surface area contributed by atoms with Gasteiger partial charge in [-0.05, 0) is 57.4 Å². The summed E-state index contributed by atoms with van der Waals surface area (Å²) in [7, 11) is 1.19. The topological polar surface area (TPSA) is 114 Å². The van der Waals surface area contributed by atoms with Crippen LogP contribution in [0.2, 0.25) is 0 Å². The maximum absolute atomic E-state index is 13.5. The zero-order chi connectivity index (χ0) is 50.1. The molecule has 0 heterocycles. The number of rotatable bonds is 53. The number of unbranched alkanes of at least 4 members (excludes halogenated alkanes) is 35. The average molecular weight is 982 g/mol. The number of amides is 1. The zero-order valence-corrected chi connectivity index (χ0v) is 46.7. The molecule has 0 aliphatic rings. The van der Waals surface area contributed by atoms with Crippen molar-refractivity contribution in [3.8, 4) is 0 Å². The molecule has 0 saturated heterocycles. The van der Waals surface area contributed by atoms with Gasteiger partial charge < -0.3 is 28.5 Å². The number of allylic oxidation sites excluding steroid dienone is 3. The minimum Gasteiger partial charge on any atom is -0.756 e. The first-order valence-electron chi connectivity index (χ1n) is 29.1. The summed E-state index contributed by atoms with van der Waals surface area (Å²) in [5, 5.41) is 3.02. The highest BCUT2D eigenvalue weighted by molar-refractivity contribution is 7.45. The van der Waals surface area contributed by atoms with Crippen LogP contribution in [0.1, 0.15) is 284 Å². The molecule has 0 aliphatic carbocycles. The Hall–Kier alpha value is -1.51. The predicted octanol–water partition coefficient (Wildman–Crippen LogP) is 16.8. The van der Waals surface area contributed by atoms with E-state index in [-0.39, 0.29) is 31.5 Å². The Balaban J connectivity index is 5.29. The second kappa shape index (κ2) is 49.1. The van der Waals surface area contributed by atoms with Gasteiger partial charge in [0.25, 0.3) is 7.82 Å². The predicted molar refractivity (Wildman–Crippen MR) is 289 cm³/mol. The van der Waals surface area contributed by atoms with E-state index in [0.717, 1.165) is 64.2 Å². The molecular weight excluding hydrogens is 868 g/mol. The number of phosphoric acid groups is 1. The molecular formula is C58H113N2O7P. The van der Waals surface area contributed by atoms with Crippen molar-refractivity contribution in [3.63, 3.8) is 0 Å². The summed E-state index contributed by atoms with van der Waals surface area (Å²) in [4.78, 5) is 39.8. The molecule has 0 aliphatic heterocycles. The first-order valence-corrected chi connectivity index (χ1v) is 30.6. The molecule has 0 aromatic rings. The van der Waals surface area contributed by atoms with E-state index in [1.165, 1.54) is 180 Å². The quantitative estimate of drug-likeness (QED) is 0.0212. The van der Waals surface area contributed by atoms with Crippen LogP contribution in [0.25, 0.3) is 0 Å². The van der Waals surface area contributed by atoms with Crippen LogP contribution in [0.5, 0.6) is 0 Å². The van der Waals surface area contributed by atoms with Crippen LogP contribution >= 0.6 is 7.82 Å². The SMILES string of the molecule is CCCCCCCCC/C=C\CCCCCC(=O)OC(/C=C/CCCCCCCCCCC)C(COP(=O)([O-])OCC[N+](C)(C)C)NC(=O)CCCCCCCCCCCCCCCCCCC. The lowest BCUT2D eigenvalue weighted by atomic mass is 10.0. The molecule has 0 fully saturated rings. The fraction of sp³-hybridized carbons (Fsp3) is 0.897. The molecule has 402 valence electrons. The zero-order valence-electron chi connectivity index (χ0n) is 45.8. The van der Waals surface area contributed by atoms with E-state index in [1.807, 2.05) is 33.3 Å². The van der Waals surface area contributed by atoms with Crippen LogP contribution in [0.3, 0.4) is 0 Å². The van der Waals surface area contributed by atoms with Crippen molar-refractivity contribution in [3.05, 3.63) is 24.3 Å². The molecule has 1 amide bonds. The maximum Gasteiger partial charge on any atom is 0.306 e. The smallest absolute Gasteiger partial charge is 0.306 e. The van der Waals surface area contributed by atoms with Crippen LogP contribution < -0.4 is 10.2 Å². The lowest BCUT2D eigenvalue weighted by molar-refractivity contribution is -0.870. The van der Waals surface area contributed by atoms with Gasteiger partial charge in [-0.3, -0.25) is 14.2 Å². The van der Waals surface area contributed by atoms with Crippen molar-refractivity contribution in [2.24, 2.45) is 0 Å². The number of nitrogens with zero attached hydrogens (tertiary/aromatic N) is 1. The Kier molecular flexibility index (Phi) is 48.0. The normalized spacial score (nSPS) is 13.9. The van der Waals surface area contributed by atoms with E-state index in [9.17, 15) is 19.0 Å². The lowest BCUT2D eigenvalue weighted by Crippen LogP contribution is -2.47. The van der Waals surface area contributed by atoms with E-state index in [1.54, 1.807) is 0 Å². The number of quaternary nitrogens is 1. The fourth-order valence-electron chi connectivity index (χ4n) is 8.58. The molecule has 0 saturated carbocycles. The number of phosphoric ester groups is 1. The first kappa shape index (κ1) is 66.5. The van der Waals surface area contributed by atoms with Crippen molar-refractivity contribution in [1.29, 1.82) is 0 Å². The number of hydrogen-bond acceptors (Lipinski definition) is 7. The third-order valence-corrected chi connectivity index (χ3v) is 14.1. The Morgan fingerprint density at radius 2 is 0.853 bits per heavy atom. The standard InChI is InChI=1S/C58H113N2O7P/c1-7-10-13-16-19-22-25-27-29-30-31-32-35-38-41-44-47-50-57(61)59-55(54-66-68(63,64)65-53-52-60(4,5)6)56(49-46-43-40-37-34-24-21-18-15-12-9-3)67-58(62)51-48-45-42-39-36-33-28-26-23-20-17-14-11-8-2/h33,36,46,49,55-56H,7-32,34-35,37-45,47-48,50-54H2,1-6H3,(H-,59,61,63,64)/b36-33-,49-46+. The second-order valence-corrected chi connectivity index (χ2v) is 22.6. The van der Waals surface area contributed by atoms with Gasteiger partial charge in [0, 0.05) is 12.8 Å². The number of nitrogens with one attached hydrogen (secondary N) is 1. The van der Waals surface area contributed by atoms with Gasteiger partial charge >= 0.3 is 5.97 Å². The molecule has 0 radical (unpaired) electrons. The van der Waals surface area contributed by atoms with Crippen LogP contribution in [-0.4, -0.2) is 69.4 Å². The second-order valence-electron chi connectivity index (χ2n) is 21.2. The summed E-state index contributed by atoms with van der Waals surface area (Å²) in [5.41, 5.74) is 0. The molecule has 68 heavy (non-hydrogen) atoms. The number of carbonyl (C=O) groups excluding carboxylic acids is 2. The van der Waals surface area contributed by atoms with Gasteiger partial charge in [-0.25, -0.2) is 0 Å². The van der Waals surface area contributed by atoms with E-state index in [0.29, 0.717) is 23.9 Å². The summed E-state index contributed by atoms with van der Waals surface area (Å²) in [6.07, 6.45) is 55.7. The Labute approximate surface area is 422 Å². The lowest BCUT2D eigenvalue weighted by Gasteiger charge is -2.30. The summed E-state index contributed by atoms with van der Waals surface area (Å²) in [6, 6.07) is -0.887. The molecule has 0 rings (SSSR count). The Morgan fingerprint density at radius 3 is 1.26 bits per heavy atom. The van der Waals surface area contributed by atoms with Gasteiger partial charge in [-0.15, -0.1) is 0 Å². The number of likely N-dealkylation sites (N-methyl/N-ethyl adjacent to an activating group) is 1. The third-order valence-electron chi connectivity index (χ3n) is 13.1. The van der Waals surface area contributed by atoms with Gasteiger partial charge in [-0.2, -0.15) is 0 Å². The Morgan fingerprint density at radius 1 is 0.500 bits per heavy atom. The first-order chi connectivity index (χ1) is 32.9. The van der Waals surface area contributed by atoms with Crippen LogP contribution in [0, 0.1) is 0 Å². The van der Waals surface area contributed by atoms with E-state index < -0.39 is 20.0 Å². The van der Waals surface area contributed by atoms with Gasteiger partial charge in [0.15, 0.2) is 0 Å². The number of carbonyl (C=O) groups is 2. The molecule has 0 bridgehead atoms. The van der Waals surface area contributed by atoms with Gasteiger partial charge in [0.1, 0.15) is 19.3 Å². The largest absolute Gasteiger partial charge is 0.756 e. The van der Waals surface area contributed by atoms with Crippen molar-refractivity contribution in [1.82, 2.24) is 5.32 Å². The highest BCUT2D eigenvalue weighted by Crippen LogP contribution is 2.38. The molecule has 0 spiro atoms.